The molecule has 5 N–H and O–H groups in total. The lowest BCUT2D eigenvalue weighted by atomic mass is 10.0. The summed E-state index contributed by atoms with van der Waals surface area (Å²) in [7, 11) is 0. The fraction of sp³-hybridized carbons (Fsp3) is 0.417. The van der Waals surface area contributed by atoms with E-state index in [0.29, 0.717) is 40.3 Å². The lowest BCUT2D eigenvalue weighted by molar-refractivity contribution is -0.110. The van der Waals surface area contributed by atoms with Gasteiger partial charge >= 0.3 is 0 Å². The highest BCUT2D eigenvalue weighted by Gasteiger charge is 2.27. The van der Waals surface area contributed by atoms with Gasteiger partial charge in [-0.15, -0.1) is 0 Å². The first-order valence-corrected chi connectivity index (χ1v) is 11.1. The van der Waals surface area contributed by atoms with Gasteiger partial charge in [0.25, 0.3) is 11.8 Å². The molecule has 174 valence electrons. The first-order valence-electron chi connectivity index (χ1n) is 11.1. The van der Waals surface area contributed by atoms with Crippen LogP contribution in [-0.2, 0) is 4.79 Å². The molecule has 1 aliphatic rings. The molecule has 0 saturated heterocycles. The van der Waals surface area contributed by atoms with Crippen LogP contribution in [0.3, 0.4) is 0 Å². The number of benzene rings is 1. The summed E-state index contributed by atoms with van der Waals surface area (Å²) in [5, 5.41) is 5.66. The van der Waals surface area contributed by atoms with Crippen LogP contribution >= 0.6 is 0 Å². The molecule has 3 rings (SSSR count). The summed E-state index contributed by atoms with van der Waals surface area (Å²) in [4.78, 5) is 30.5. The summed E-state index contributed by atoms with van der Waals surface area (Å²) < 4.78 is 13.9. The van der Waals surface area contributed by atoms with E-state index in [1.165, 1.54) is 12.1 Å². The fourth-order valence-electron chi connectivity index (χ4n) is 3.73. The number of carbonyl (C=O) groups is 2. The van der Waals surface area contributed by atoms with E-state index >= 15 is 0 Å². The fourth-order valence-corrected chi connectivity index (χ4v) is 3.73. The number of anilines is 2. The Morgan fingerprint density at radius 1 is 1.22 bits per heavy atom. The number of aryl methyl sites for hydroxylation is 1. The van der Waals surface area contributed by atoms with Crippen LogP contribution in [0, 0.1) is 19.7 Å². The molecule has 0 radical (unpaired) electrons. The number of halogens is 1. The highest BCUT2D eigenvalue weighted by Crippen LogP contribution is 2.36. The van der Waals surface area contributed by atoms with Crippen molar-refractivity contribution in [3.8, 4) is 0 Å². The summed E-state index contributed by atoms with van der Waals surface area (Å²) >= 11 is 0. The van der Waals surface area contributed by atoms with E-state index in [1.54, 1.807) is 6.08 Å². The third-order valence-corrected chi connectivity index (χ3v) is 5.52. The maximum Gasteiger partial charge on any atom is 0.256 e. The molecule has 7 nitrogen and oxygen atoms in total. The van der Waals surface area contributed by atoms with Crippen LogP contribution in [0.15, 0.2) is 12.1 Å². The third kappa shape index (κ3) is 5.19. The van der Waals surface area contributed by atoms with Crippen molar-refractivity contribution >= 4 is 34.8 Å². The second kappa shape index (κ2) is 10.9. The zero-order chi connectivity index (χ0) is 24.0. The average molecular weight is 444 g/mol. The molecule has 0 fully saturated rings. The standard InChI is InChI=1S/C22H28FN5O2.C2H6/c1-5-28(6-2)8-7-25-22(30)20-12(3)18(26-13(20)4)10-15-14-9-16(23)17(24)11-19(14)27-21(15)29;1-2/h9-11,26H,5-8,24H2,1-4H3,(H,25,30)(H,27,29);1-2H3/b15-10-;. The van der Waals surface area contributed by atoms with Gasteiger partial charge in [-0.05, 0) is 50.7 Å². The minimum atomic E-state index is -0.580. The number of nitrogen functional groups attached to an aromatic ring is 1. The van der Waals surface area contributed by atoms with Crippen molar-refractivity contribution in [2.24, 2.45) is 0 Å². The maximum atomic E-state index is 13.9. The third-order valence-electron chi connectivity index (χ3n) is 5.52. The first kappa shape index (κ1) is 25.1. The van der Waals surface area contributed by atoms with E-state index in [4.69, 9.17) is 5.73 Å². The number of fused-ring (bicyclic) bond motifs is 1. The first-order chi connectivity index (χ1) is 15.3. The highest BCUT2D eigenvalue weighted by atomic mass is 19.1. The molecule has 1 aromatic carbocycles. The van der Waals surface area contributed by atoms with Gasteiger partial charge in [0.1, 0.15) is 5.82 Å². The smallest absolute Gasteiger partial charge is 0.256 e. The predicted octanol–water partition coefficient (Wildman–Crippen LogP) is 3.94. The molecular formula is C24H34FN5O2. The molecule has 1 aromatic heterocycles. The van der Waals surface area contributed by atoms with Gasteiger partial charge in [0.15, 0.2) is 0 Å². The van der Waals surface area contributed by atoms with Crippen LogP contribution in [0.4, 0.5) is 15.8 Å². The number of H-pyrrole nitrogens is 1. The molecule has 0 aliphatic carbocycles. The minimum Gasteiger partial charge on any atom is -0.396 e. The summed E-state index contributed by atoms with van der Waals surface area (Å²) in [6.07, 6.45) is 1.64. The zero-order valence-electron chi connectivity index (χ0n) is 19.8. The normalized spacial score (nSPS) is 13.6. The lowest BCUT2D eigenvalue weighted by Gasteiger charge is -2.18. The molecule has 1 aliphatic heterocycles. The van der Waals surface area contributed by atoms with E-state index in [9.17, 15) is 14.0 Å². The number of hydrogen-bond acceptors (Lipinski definition) is 4. The number of aromatic amines is 1. The van der Waals surface area contributed by atoms with E-state index in [0.717, 1.165) is 25.2 Å². The Morgan fingerprint density at radius 2 is 1.88 bits per heavy atom. The van der Waals surface area contributed by atoms with E-state index < -0.39 is 5.82 Å². The Kier molecular flexibility index (Phi) is 8.60. The van der Waals surface area contributed by atoms with Crippen LogP contribution in [0.25, 0.3) is 11.6 Å². The number of aromatic nitrogens is 1. The Hall–Kier alpha value is -3.13. The number of nitrogens with zero attached hydrogens (tertiary/aromatic N) is 1. The van der Waals surface area contributed by atoms with E-state index in [1.807, 2.05) is 27.7 Å². The van der Waals surface area contributed by atoms with Gasteiger partial charge in [-0.1, -0.05) is 27.7 Å². The number of rotatable bonds is 7. The molecule has 0 spiro atoms. The number of hydrogen-bond donors (Lipinski definition) is 4. The molecule has 0 atom stereocenters. The van der Waals surface area contributed by atoms with Gasteiger partial charge in [0.05, 0.1) is 22.5 Å². The minimum absolute atomic E-state index is 0.0223. The summed E-state index contributed by atoms with van der Waals surface area (Å²) in [5.74, 6) is -1.08. The second-order valence-corrected chi connectivity index (χ2v) is 7.38. The van der Waals surface area contributed by atoms with Crippen molar-refractivity contribution in [2.45, 2.75) is 41.5 Å². The maximum absolute atomic E-state index is 13.9. The largest absolute Gasteiger partial charge is 0.396 e. The molecule has 8 heteroatoms. The number of nitrogens with two attached hydrogens (primary N) is 1. The summed E-state index contributed by atoms with van der Waals surface area (Å²) in [6.45, 7) is 15.0. The second-order valence-electron chi connectivity index (χ2n) is 7.38. The zero-order valence-corrected chi connectivity index (χ0v) is 19.8. The Bertz CT molecular complexity index is 1020. The van der Waals surface area contributed by atoms with Crippen molar-refractivity contribution in [2.75, 3.05) is 37.2 Å². The molecule has 2 amide bonds. The van der Waals surface area contributed by atoms with Crippen LogP contribution in [-0.4, -0.2) is 47.9 Å². The average Bonchev–Trinajstić information content (AvgIpc) is 3.22. The Morgan fingerprint density at radius 3 is 2.50 bits per heavy atom. The van der Waals surface area contributed by atoms with Crippen LogP contribution in [0.1, 0.15) is 60.6 Å². The van der Waals surface area contributed by atoms with Crippen molar-refractivity contribution < 1.29 is 14.0 Å². The van der Waals surface area contributed by atoms with Crippen molar-refractivity contribution in [1.82, 2.24) is 15.2 Å². The Labute approximate surface area is 189 Å². The SMILES string of the molecule is CC.CCN(CC)CCNC(=O)c1c(C)[nH]c(/C=C2\C(=O)Nc3cc(N)c(F)cc32)c1C. The van der Waals surface area contributed by atoms with Crippen LogP contribution < -0.4 is 16.4 Å². The van der Waals surface area contributed by atoms with Crippen molar-refractivity contribution in [1.29, 1.82) is 0 Å². The topological polar surface area (TPSA) is 103 Å². The van der Waals surface area contributed by atoms with Gasteiger partial charge in [-0.3, -0.25) is 9.59 Å². The van der Waals surface area contributed by atoms with Crippen molar-refractivity contribution in [3.05, 3.63) is 46.0 Å². The molecule has 0 saturated carbocycles. The number of carbonyl (C=O) groups excluding carboxylic acids is 2. The monoisotopic (exact) mass is 443 g/mol. The van der Waals surface area contributed by atoms with Gasteiger partial charge in [0.2, 0.25) is 0 Å². The van der Waals surface area contributed by atoms with Crippen LogP contribution in [0.5, 0.6) is 0 Å². The molecule has 2 heterocycles. The predicted molar refractivity (Wildman–Crippen MR) is 129 cm³/mol. The molecule has 2 aromatic rings. The van der Waals surface area contributed by atoms with Crippen molar-refractivity contribution in [3.63, 3.8) is 0 Å². The number of amides is 2. The van der Waals surface area contributed by atoms with Gasteiger partial charge in [-0.25, -0.2) is 4.39 Å². The van der Waals surface area contributed by atoms with Gasteiger partial charge in [0, 0.05) is 30.0 Å². The summed E-state index contributed by atoms with van der Waals surface area (Å²) in [5.41, 5.74) is 9.45. The highest BCUT2D eigenvalue weighted by molar-refractivity contribution is 6.35. The molecule has 0 bridgehead atoms. The van der Waals surface area contributed by atoms with E-state index in [2.05, 4.69) is 34.4 Å². The quantitative estimate of drug-likeness (QED) is 0.384. The lowest BCUT2D eigenvalue weighted by Crippen LogP contribution is -2.35. The molecular weight excluding hydrogens is 409 g/mol. The van der Waals surface area contributed by atoms with Crippen LogP contribution in [0.2, 0.25) is 0 Å². The van der Waals surface area contributed by atoms with Gasteiger partial charge < -0.3 is 26.3 Å². The number of nitrogens with one attached hydrogen (secondary N) is 3. The van der Waals surface area contributed by atoms with E-state index in [-0.39, 0.29) is 17.5 Å². The van der Waals surface area contributed by atoms with Gasteiger partial charge in [-0.2, -0.15) is 0 Å². The molecule has 32 heavy (non-hydrogen) atoms. The number of likely N-dealkylation sites (N-methyl/N-ethyl adjacent to an activating group) is 1. The summed E-state index contributed by atoms with van der Waals surface area (Å²) in [6, 6.07) is 2.66. The molecule has 0 unspecified atom stereocenters. The Balaban J connectivity index is 0.00000176.